The summed E-state index contributed by atoms with van der Waals surface area (Å²) in [5.41, 5.74) is 0. The van der Waals surface area contributed by atoms with Crippen molar-refractivity contribution in [1.29, 1.82) is 0 Å². The maximum Gasteiger partial charge on any atom is 0.307 e. The number of nitrogens with zero attached hydrogens (tertiary/aromatic N) is 1. The molecule has 1 heterocycles. The lowest BCUT2D eigenvalue weighted by molar-refractivity contribution is -0.141. The van der Waals surface area contributed by atoms with Gasteiger partial charge in [-0.15, -0.1) is 0 Å². The van der Waals surface area contributed by atoms with Crippen LogP contribution >= 0.6 is 0 Å². The van der Waals surface area contributed by atoms with Crippen molar-refractivity contribution in [3.8, 4) is 0 Å². The van der Waals surface area contributed by atoms with Crippen LogP contribution in [0.25, 0.3) is 0 Å². The monoisotopic (exact) mass is 301 g/mol. The minimum atomic E-state index is -3.63. The number of aliphatic carboxylic acids is 1. The zero-order valence-corrected chi connectivity index (χ0v) is 12.2. The average Bonchev–Trinajstić information content (AvgIpc) is 3.06. The molecule has 0 bridgehead atoms. The Bertz CT molecular complexity index is 551. The van der Waals surface area contributed by atoms with Gasteiger partial charge in [0, 0.05) is 6.54 Å². The summed E-state index contributed by atoms with van der Waals surface area (Å²) in [7, 11) is -3.63. The van der Waals surface area contributed by atoms with Gasteiger partial charge in [0.15, 0.2) is 0 Å². The molecular formula is C13H19NO5S. The third-order valence-electron chi connectivity index (χ3n) is 3.78. The molecule has 1 fully saturated rings. The van der Waals surface area contributed by atoms with E-state index in [1.165, 1.54) is 10.6 Å². The molecule has 1 aromatic heterocycles. The van der Waals surface area contributed by atoms with E-state index >= 15 is 0 Å². The predicted octanol–water partition coefficient (Wildman–Crippen LogP) is 1.68. The van der Waals surface area contributed by atoms with Crippen LogP contribution in [0, 0.1) is 5.92 Å². The van der Waals surface area contributed by atoms with Crippen molar-refractivity contribution in [2.75, 3.05) is 6.54 Å². The minimum Gasteiger partial charge on any atom is -0.481 e. The third-order valence-corrected chi connectivity index (χ3v) is 6.21. The number of carboxylic acid groups (broad SMARTS) is 1. The van der Waals surface area contributed by atoms with Crippen molar-refractivity contribution < 1.29 is 22.7 Å². The molecule has 2 rings (SSSR count). The highest BCUT2D eigenvalue weighted by Gasteiger charge is 2.44. The van der Waals surface area contributed by atoms with Crippen LogP contribution < -0.4 is 0 Å². The lowest BCUT2D eigenvalue weighted by atomic mass is 10.1. The van der Waals surface area contributed by atoms with Crippen molar-refractivity contribution in [3.63, 3.8) is 0 Å². The molecule has 0 aromatic carbocycles. The normalized spacial score (nSPS) is 23.3. The molecule has 7 heteroatoms. The number of sulfonamides is 1. The fourth-order valence-electron chi connectivity index (χ4n) is 2.71. The van der Waals surface area contributed by atoms with Gasteiger partial charge in [-0.05, 0) is 25.0 Å². The summed E-state index contributed by atoms with van der Waals surface area (Å²) in [6.07, 6.45) is 2.97. The van der Waals surface area contributed by atoms with E-state index in [4.69, 9.17) is 9.52 Å². The summed E-state index contributed by atoms with van der Waals surface area (Å²) < 4.78 is 31.7. The number of carboxylic acids is 1. The Hall–Kier alpha value is -1.34. The van der Waals surface area contributed by atoms with Gasteiger partial charge in [-0.25, -0.2) is 8.42 Å². The van der Waals surface area contributed by atoms with Crippen LogP contribution in [0.4, 0.5) is 0 Å². The molecule has 112 valence electrons. The van der Waals surface area contributed by atoms with Gasteiger partial charge in [-0.2, -0.15) is 4.31 Å². The molecule has 0 aliphatic heterocycles. The smallest absolute Gasteiger partial charge is 0.307 e. The highest BCUT2D eigenvalue weighted by molar-refractivity contribution is 7.89. The highest BCUT2D eigenvalue weighted by Crippen LogP contribution is 2.33. The second kappa shape index (κ2) is 5.97. The highest BCUT2D eigenvalue weighted by atomic mass is 32.2. The summed E-state index contributed by atoms with van der Waals surface area (Å²) in [5, 5.41) is 8.33. The van der Waals surface area contributed by atoms with E-state index in [1.54, 1.807) is 19.1 Å². The first kappa shape index (κ1) is 15.1. The van der Waals surface area contributed by atoms with E-state index in [2.05, 4.69) is 0 Å². The Kier molecular flexibility index (Phi) is 4.49. The van der Waals surface area contributed by atoms with Crippen molar-refractivity contribution in [2.24, 2.45) is 5.92 Å². The molecule has 2 atom stereocenters. The van der Waals surface area contributed by atoms with E-state index in [9.17, 15) is 13.2 Å². The van der Waals surface area contributed by atoms with Gasteiger partial charge < -0.3 is 9.52 Å². The second-order valence-electron chi connectivity index (χ2n) is 4.96. The summed E-state index contributed by atoms with van der Waals surface area (Å²) >= 11 is 0. The van der Waals surface area contributed by atoms with E-state index in [0.717, 1.165) is 0 Å². The molecule has 0 spiro atoms. The van der Waals surface area contributed by atoms with Crippen molar-refractivity contribution in [3.05, 3.63) is 24.2 Å². The molecule has 20 heavy (non-hydrogen) atoms. The van der Waals surface area contributed by atoms with Crippen LogP contribution in [0.1, 0.15) is 31.9 Å². The standard InChI is InChI=1S/C13H19NO5S/c1-2-14(9-10-5-4-8-19-10)20(17,18)12-7-3-6-11(12)13(15)16/h4-5,8,11-12H,2-3,6-7,9H2,1H3,(H,15,16). The number of hydrogen-bond acceptors (Lipinski definition) is 4. The lowest BCUT2D eigenvalue weighted by Crippen LogP contribution is -2.41. The van der Waals surface area contributed by atoms with Gasteiger partial charge >= 0.3 is 5.97 Å². The molecule has 2 unspecified atom stereocenters. The van der Waals surface area contributed by atoms with Crippen LogP contribution in [0.3, 0.4) is 0 Å². The quantitative estimate of drug-likeness (QED) is 0.863. The van der Waals surface area contributed by atoms with Gasteiger partial charge in [0.25, 0.3) is 0 Å². The number of rotatable bonds is 6. The predicted molar refractivity (Wildman–Crippen MR) is 72.5 cm³/mol. The van der Waals surface area contributed by atoms with Crippen LogP contribution in [0.2, 0.25) is 0 Å². The minimum absolute atomic E-state index is 0.147. The molecule has 1 N–H and O–H groups in total. The largest absolute Gasteiger partial charge is 0.481 e. The number of furan rings is 1. The second-order valence-corrected chi connectivity index (χ2v) is 7.12. The molecule has 0 saturated heterocycles. The van der Waals surface area contributed by atoms with E-state index in [0.29, 0.717) is 31.6 Å². The molecular weight excluding hydrogens is 282 g/mol. The molecule has 1 aromatic rings. The SMILES string of the molecule is CCN(Cc1ccco1)S(=O)(=O)C1CCCC1C(=O)O. The average molecular weight is 301 g/mol. The number of hydrogen-bond donors (Lipinski definition) is 1. The fourth-order valence-corrected chi connectivity index (χ4v) is 4.90. The molecule has 0 radical (unpaired) electrons. The van der Waals surface area contributed by atoms with Gasteiger partial charge in [0.1, 0.15) is 5.76 Å². The third kappa shape index (κ3) is 2.88. The molecule has 1 aliphatic rings. The van der Waals surface area contributed by atoms with Crippen LogP contribution in [0.15, 0.2) is 22.8 Å². The van der Waals surface area contributed by atoms with Crippen molar-refractivity contribution in [2.45, 2.75) is 38.0 Å². The van der Waals surface area contributed by atoms with Gasteiger partial charge in [0.2, 0.25) is 10.0 Å². The van der Waals surface area contributed by atoms with Crippen LogP contribution in [-0.2, 0) is 21.4 Å². The molecule has 1 saturated carbocycles. The molecule has 1 aliphatic carbocycles. The number of carbonyl (C=O) groups is 1. The van der Waals surface area contributed by atoms with Gasteiger partial charge in [-0.3, -0.25) is 4.79 Å². The zero-order valence-electron chi connectivity index (χ0n) is 11.4. The first-order valence-electron chi connectivity index (χ1n) is 6.71. The topological polar surface area (TPSA) is 87.8 Å². The Morgan fingerprint density at radius 1 is 1.50 bits per heavy atom. The Labute approximate surface area is 118 Å². The Morgan fingerprint density at radius 3 is 2.80 bits per heavy atom. The Balaban J connectivity index is 2.20. The summed E-state index contributed by atoms with van der Waals surface area (Å²) in [6.45, 7) is 2.19. The van der Waals surface area contributed by atoms with E-state index in [-0.39, 0.29) is 6.54 Å². The van der Waals surface area contributed by atoms with Crippen LogP contribution in [0.5, 0.6) is 0 Å². The van der Waals surface area contributed by atoms with E-state index < -0.39 is 27.2 Å². The van der Waals surface area contributed by atoms with E-state index in [1.807, 2.05) is 0 Å². The first-order chi connectivity index (χ1) is 9.46. The molecule has 6 nitrogen and oxygen atoms in total. The summed E-state index contributed by atoms with van der Waals surface area (Å²) in [6, 6.07) is 3.41. The van der Waals surface area contributed by atoms with Crippen molar-refractivity contribution >= 4 is 16.0 Å². The maximum atomic E-state index is 12.6. The van der Waals surface area contributed by atoms with Gasteiger partial charge in [0.05, 0.1) is 24.0 Å². The Morgan fingerprint density at radius 2 is 2.25 bits per heavy atom. The first-order valence-corrected chi connectivity index (χ1v) is 8.21. The maximum absolute atomic E-state index is 12.6. The van der Waals surface area contributed by atoms with Gasteiger partial charge in [-0.1, -0.05) is 13.3 Å². The fraction of sp³-hybridized carbons (Fsp3) is 0.615. The van der Waals surface area contributed by atoms with Crippen molar-refractivity contribution in [1.82, 2.24) is 4.31 Å². The summed E-state index contributed by atoms with van der Waals surface area (Å²) in [5.74, 6) is -1.27. The van der Waals surface area contributed by atoms with Crippen LogP contribution in [-0.4, -0.2) is 35.6 Å². The molecule has 0 amide bonds. The summed E-state index contributed by atoms with van der Waals surface area (Å²) in [4.78, 5) is 11.2. The zero-order chi connectivity index (χ0) is 14.8. The lowest BCUT2D eigenvalue weighted by Gasteiger charge is -2.25.